The second-order valence-corrected chi connectivity index (χ2v) is 6.75. The standard InChI is InChI=1S/C18H14FN5O2S/c19-10-3-4-12-13(8-10)23-15(22-12)5-6-20-17(25)11-9-21-16(24-18(11)26)14-2-1-7-27-14/h1-4,7-9H,5-6H2,(H,20,25)(H,22,23)(H,21,24,26). The highest BCUT2D eigenvalue weighted by atomic mass is 32.1. The maximum absolute atomic E-state index is 13.2. The summed E-state index contributed by atoms with van der Waals surface area (Å²) in [4.78, 5) is 39.3. The molecule has 0 unspecified atom stereocenters. The van der Waals surface area contributed by atoms with Crippen molar-refractivity contribution in [3.8, 4) is 10.7 Å². The van der Waals surface area contributed by atoms with Gasteiger partial charge in [0.2, 0.25) is 0 Å². The Balaban J connectivity index is 1.41. The fraction of sp³-hybridized carbons (Fsp3) is 0.111. The van der Waals surface area contributed by atoms with E-state index >= 15 is 0 Å². The van der Waals surface area contributed by atoms with Gasteiger partial charge in [-0.25, -0.2) is 14.4 Å². The zero-order valence-corrected chi connectivity index (χ0v) is 14.8. The molecule has 1 aromatic carbocycles. The largest absolute Gasteiger partial charge is 0.351 e. The van der Waals surface area contributed by atoms with Gasteiger partial charge in [-0.2, -0.15) is 0 Å². The lowest BCUT2D eigenvalue weighted by Crippen LogP contribution is -2.31. The SMILES string of the molecule is O=C(NCCc1nc2ccc(F)cc2[nH]1)c1cnc(-c2cccs2)[nH]c1=O. The number of fused-ring (bicyclic) bond motifs is 1. The van der Waals surface area contributed by atoms with E-state index in [1.807, 2.05) is 17.5 Å². The van der Waals surface area contributed by atoms with E-state index in [1.165, 1.54) is 29.7 Å². The fourth-order valence-electron chi connectivity index (χ4n) is 2.64. The van der Waals surface area contributed by atoms with Gasteiger partial charge in [0.1, 0.15) is 23.0 Å². The summed E-state index contributed by atoms with van der Waals surface area (Å²) >= 11 is 1.45. The zero-order valence-electron chi connectivity index (χ0n) is 14.0. The summed E-state index contributed by atoms with van der Waals surface area (Å²) in [5, 5.41) is 4.55. The van der Waals surface area contributed by atoms with Crippen LogP contribution in [-0.4, -0.2) is 32.4 Å². The van der Waals surface area contributed by atoms with Gasteiger partial charge in [0.15, 0.2) is 0 Å². The van der Waals surface area contributed by atoms with Gasteiger partial charge in [0, 0.05) is 19.2 Å². The smallest absolute Gasteiger partial charge is 0.264 e. The van der Waals surface area contributed by atoms with Gasteiger partial charge in [-0.15, -0.1) is 11.3 Å². The van der Waals surface area contributed by atoms with Crippen LogP contribution in [0.4, 0.5) is 4.39 Å². The summed E-state index contributed by atoms with van der Waals surface area (Å²) < 4.78 is 13.2. The molecule has 0 saturated heterocycles. The van der Waals surface area contributed by atoms with Gasteiger partial charge >= 0.3 is 0 Å². The van der Waals surface area contributed by atoms with Crippen LogP contribution in [0.15, 0.2) is 46.7 Å². The average molecular weight is 383 g/mol. The number of amides is 1. The average Bonchev–Trinajstić information content (AvgIpc) is 3.30. The summed E-state index contributed by atoms with van der Waals surface area (Å²) in [6, 6.07) is 7.98. The number of carbonyl (C=O) groups excluding carboxylic acids is 1. The molecule has 4 rings (SSSR count). The molecular weight excluding hydrogens is 369 g/mol. The second kappa shape index (κ2) is 7.12. The van der Waals surface area contributed by atoms with Crippen molar-refractivity contribution in [1.29, 1.82) is 0 Å². The van der Waals surface area contributed by atoms with Crippen LogP contribution in [0.5, 0.6) is 0 Å². The van der Waals surface area contributed by atoms with E-state index < -0.39 is 11.5 Å². The first kappa shape index (κ1) is 17.1. The molecule has 136 valence electrons. The number of aromatic nitrogens is 4. The maximum Gasteiger partial charge on any atom is 0.264 e. The molecular formula is C18H14FN5O2S. The number of nitrogens with one attached hydrogen (secondary N) is 3. The van der Waals surface area contributed by atoms with Gasteiger partial charge in [-0.1, -0.05) is 6.07 Å². The Hall–Kier alpha value is -3.33. The number of thiophene rings is 1. The molecule has 0 aliphatic rings. The van der Waals surface area contributed by atoms with E-state index in [2.05, 4.69) is 25.3 Å². The summed E-state index contributed by atoms with van der Waals surface area (Å²) in [6.45, 7) is 0.271. The van der Waals surface area contributed by atoms with Crippen molar-refractivity contribution in [3.63, 3.8) is 0 Å². The molecule has 0 aliphatic heterocycles. The molecule has 0 spiro atoms. The number of rotatable bonds is 5. The first-order valence-corrected chi connectivity index (χ1v) is 9.03. The highest BCUT2D eigenvalue weighted by Crippen LogP contribution is 2.19. The van der Waals surface area contributed by atoms with Crippen molar-refractivity contribution < 1.29 is 9.18 Å². The van der Waals surface area contributed by atoms with Crippen LogP contribution >= 0.6 is 11.3 Å². The molecule has 4 aromatic rings. The van der Waals surface area contributed by atoms with Crippen LogP contribution in [-0.2, 0) is 6.42 Å². The molecule has 0 aliphatic carbocycles. The van der Waals surface area contributed by atoms with E-state index in [0.29, 0.717) is 29.1 Å². The van der Waals surface area contributed by atoms with Gasteiger partial charge in [0.05, 0.1) is 15.9 Å². The number of H-pyrrole nitrogens is 2. The van der Waals surface area contributed by atoms with Crippen molar-refractivity contribution in [2.24, 2.45) is 0 Å². The summed E-state index contributed by atoms with van der Waals surface area (Å²) in [7, 11) is 0. The van der Waals surface area contributed by atoms with E-state index in [1.54, 1.807) is 6.07 Å². The van der Waals surface area contributed by atoms with Crippen LogP contribution in [0.2, 0.25) is 0 Å². The third kappa shape index (κ3) is 3.63. The first-order chi connectivity index (χ1) is 13.1. The molecule has 27 heavy (non-hydrogen) atoms. The number of benzene rings is 1. The van der Waals surface area contributed by atoms with Crippen LogP contribution in [0.3, 0.4) is 0 Å². The Bertz CT molecular complexity index is 1170. The third-order valence-corrected chi connectivity index (χ3v) is 4.82. The molecule has 3 heterocycles. The van der Waals surface area contributed by atoms with Crippen molar-refractivity contribution in [2.75, 3.05) is 6.54 Å². The van der Waals surface area contributed by atoms with E-state index in [4.69, 9.17) is 0 Å². The zero-order chi connectivity index (χ0) is 18.8. The second-order valence-electron chi connectivity index (χ2n) is 5.80. The minimum Gasteiger partial charge on any atom is -0.351 e. The van der Waals surface area contributed by atoms with Crippen molar-refractivity contribution >= 4 is 28.3 Å². The summed E-state index contributed by atoms with van der Waals surface area (Å²) in [5.74, 6) is 0.199. The number of nitrogens with zero attached hydrogens (tertiary/aromatic N) is 2. The van der Waals surface area contributed by atoms with Gasteiger partial charge in [-0.3, -0.25) is 9.59 Å². The van der Waals surface area contributed by atoms with Crippen LogP contribution < -0.4 is 10.9 Å². The predicted molar refractivity (Wildman–Crippen MR) is 100 cm³/mol. The van der Waals surface area contributed by atoms with E-state index in [9.17, 15) is 14.0 Å². The lowest BCUT2D eigenvalue weighted by molar-refractivity contribution is 0.0952. The first-order valence-electron chi connectivity index (χ1n) is 8.16. The Morgan fingerprint density at radius 3 is 2.93 bits per heavy atom. The fourth-order valence-corrected chi connectivity index (χ4v) is 3.31. The molecule has 0 bridgehead atoms. The maximum atomic E-state index is 13.2. The van der Waals surface area contributed by atoms with Crippen LogP contribution in [0.1, 0.15) is 16.2 Å². The number of carbonyl (C=O) groups is 1. The highest BCUT2D eigenvalue weighted by molar-refractivity contribution is 7.13. The highest BCUT2D eigenvalue weighted by Gasteiger charge is 2.13. The van der Waals surface area contributed by atoms with Crippen LogP contribution in [0.25, 0.3) is 21.7 Å². The molecule has 9 heteroatoms. The Kier molecular flexibility index (Phi) is 4.51. The topological polar surface area (TPSA) is 104 Å². The quantitative estimate of drug-likeness (QED) is 0.492. The molecule has 7 nitrogen and oxygen atoms in total. The molecule has 0 atom stereocenters. The van der Waals surface area contributed by atoms with Crippen molar-refractivity contribution in [1.82, 2.24) is 25.3 Å². The van der Waals surface area contributed by atoms with Gasteiger partial charge in [-0.05, 0) is 29.6 Å². The Morgan fingerprint density at radius 1 is 1.26 bits per heavy atom. The minimum absolute atomic E-state index is 0.0537. The number of aromatic amines is 2. The van der Waals surface area contributed by atoms with Crippen molar-refractivity contribution in [3.05, 3.63) is 69.5 Å². The van der Waals surface area contributed by atoms with Gasteiger partial charge < -0.3 is 15.3 Å². The number of hydrogen-bond acceptors (Lipinski definition) is 5. The van der Waals surface area contributed by atoms with Crippen molar-refractivity contribution in [2.45, 2.75) is 6.42 Å². The molecule has 3 N–H and O–H groups in total. The number of halogens is 1. The normalized spacial score (nSPS) is 11.0. The molecule has 0 radical (unpaired) electrons. The molecule has 1 amide bonds. The minimum atomic E-state index is -0.511. The molecule has 0 fully saturated rings. The number of imidazole rings is 1. The molecule has 0 saturated carbocycles. The van der Waals surface area contributed by atoms with Crippen LogP contribution in [0, 0.1) is 5.82 Å². The Morgan fingerprint density at radius 2 is 2.15 bits per heavy atom. The third-order valence-electron chi connectivity index (χ3n) is 3.94. The predicted octanol–water partition coefficient (Wildman–Crippen LogP) is 2.49. The summed E-state index contributed by atoms with van der Waals surface area (Å²) in [5.41, 5.74) is 0.704. The monoisotopic (exact) mass is 383 g/mol. The lowest BCUT2D eigenvalue weighted by atomic mass is 10.3. The summed E-state index contributed by atoms with van der Waals surface area (Å²) in [6.07, 6.45) is 1.69. The van der Waals surface area contributed by atoms with E-state index in [-0.39, 0.29) is 17.9 Å². The number of hydrogen-bond donors (Lipinski definition) is 3. The Labute approximate surface area is 156 Å². The van der Waals surface area contributed by atoms with Gasteiger partial charge in [0.25, 0.3) is 11.5 Å². The molecule has 3 aromatic heterocycles. The van der Waals surface area contributed by atoms with E-state index in [0.717, 1.165) is 4.88 Å². The lowest BCUT2D eigenvalue weighted by Gasteiger charge is -2.04.